The van der Waals surface area contributed by atoms with Gasteiger partial charge in [0, 0.05) is 23.2 Å². The first-order valence-corrected chi connectivity index (χ1v) is 6.70. The summed E-state index contributed by atoms with van der Waals surface area (Å²) in [6.45, 7) is 2.22. The highest BCUT2D eigenvalue weighted by Crippen LogP contribution is 2.29. The van der Waals surface area contributed by atoms with Gasteiger partial charge in [-0.15, -0.1) is 0 Å². The molecule has 2 aromatic carbocycles. The lowest BCUT2D eigenvalue weighted by Gasteiger charge is -2.15. The molecule has 0 radical (unpaired) electrons. The van der Waals surface area contributed by atoms with Crippen LogP contribution in [0.2, 0.25) is 0 Å². The summed E-state index contributed by atoms with van der Waals surface area (Å²) in [5, 5.41) is 9.10. The molecule has 0 aliphatic rings. The third kappa shape index (κ3) is 3.53. The van der Waals surface area contributed by atoms with Crippen LogP contribution in [0.3, 0.4) is 0 Å². The normalized spacial score (nSPS) is 11.5. The maximum absolute atomic E-state index is 9.10. The standard InChI is InChI=1S/C17H18N2O2/c1-12(19)16-8-7-15(20-2)9-17(16)21-11-14-6-4-3-5-13(14)10-18/h3-9,12H,11,19H2,1-2H3/t12-/m0/s1. The summed E-state index contributed by atoms with van der Waals surface area (Å²) in [6, 6.07) is 15.0. The van der Waals surface area contributed by atoms with Crippen LogP contribution in [0.25, 0.3) is 0 Å². The van der Waals surface area contributed by atoms with Crippen LogP contribution >= 0.6 is 0 Å². The summed E-state index contributed by atoms with van der Waals surface area (Å²) >= 11 is 0. The summed E-state index contributed by atoms with van der Waals surface area (Å²) in [7, 11) is 1.61. The van der Waals surface area contributed by atoms with Crippen LogP contribution in [0, 0.1) is 11.3 Å². The second kappa shape index (κ2) is 6.78. The molecule has 21 heavy (non-hydrogen) atoms. The summed E-state index contributed by atoms with van der Waals surface area (Å²) in [5.74, 6) is 1.39. The highest BCUT2D eigenvalue weighted by molar-refractivity contribution is 5.43. The Hall–Kier alpha value is -2.51. The van der Waals surface area contributed by atoms with E-state index in [0.29, 0.717) is 23.7 Å². The zero-order valence-electron chi connectivity index (χ0n) is 12.2. The van der Waals surface area contributed by atoms with E-state index in [1.165, 1.54) is 0 Å². The topological polar surface area (TPSA) is 68.3 Å². The van der Waals surface area contributed by atoms with Gasteiger partial charge < -0.3 is 15.2 Å². The first kappa shape index (κ1) is 14.9. The Morgan fingerprint density at radius 2 is 2.00 bits per heavy atom. The molecule has 0 saturated carbocycles. The Balaban J connectivity index is 2.25. The largest absolute Gasteiger partial charge is 0.497 e. The second-order valence-electron chi connectivity index (χ2n) is 4.75. The van der Waals surface area contributed by atoms with Gasteiger partial charge in [0.05, 0.1) is 18.7 Å². The quantitative estimate of drug-likeness (QED) is 0.914. The van der Waals surface area contributed by atoms with E-state index in [-0.39, 0.29) is 6.04 Å². The van der Waals surface area contributed by atoms with E-state index in [9.17, 15) is 0 Å². The molecule has 4 heteroatoms. The van der Waals surface area contributed by atoms with Gasteiger partial charge in [0.15, 0.2) is 0 Å². The van der Waals surface area contributed by atoms with E-state index in [1.807, 2.05) is 43.3 Å². The van der Waals surface area contributed by atoms with Crippen LogP contribution in [-0.2, 0) is 6.61 Å². The van der Waals surface area contributed by atoms with Crippen LogP contribution in [0.1, 0.15) is 29.7 Å². The minimum Gasteiger partial charge on any atom is -0.497 e. The number of methoxy groups -OCH3 is 1. The average Bonchev–Trinajstić information content (AvgIpc) is 2.52. The van der Waals surface area contributed by atoms with Crippen molar-refractivity contribution in [3.05, 3.63) is 59.2 Å². The van der Waals surface area contributed by atoms with Crippen LogP contribution in [0.4, 0.5) is 0 Å². The lowest BCUT2D eigenvalue weighted by atomic mass is 10.1. The predicted molar refractivity (Wildman–Crippen MR) is 81.1 cm³/mol. The van der Waals surface area contributed by atoms with Crippen molar-refractivity contribution in [1.29, 1.82) is 5.26 Å². The highest BCUT2D eigenvalue weighted by Gasteiger charge is 2.11. The first-order valence-electron chi connectivity index (χ1n) is 6.70. The van der Waals surface area contributed by atoms with Gasteiger partial charge in [0.1, 0.15) is 18.1 Å². The van der Waals surface area contributed by atoms with Crippen LogP contribution < -0.4 is 15.2 Å². The molecule has 0 bridgehead atoms. The fourth-order valence-electron chi connectivity index (χ4n) is 2.05. The third-order valence-electron chi connectivity index (χ3n) is 3.23. The van der Waals surface area contributed by atoms with Crippen LogP contribution in [-0.4, -0.2) is 7.11 Å². The molecule has 0 heterocycles. The molecule has 0 fully saturated rings. The van der Waals surface area contributed by atoms with Gasteiger partial charge in [0.2, 0.25) is 0 Å². The van der Waals surface area contributed by atoms with Gasteiger partial charge in [-0.25, -0.2) is 0 Å². The predicted octanol–water partition coefficient (Wildman–Crippen LogP) is 3.17. The number of nitriles is 1. The molecule has 0 aliphatic carbocycles. The number of rotatable bonds is 5. The molecule has 0 unspecified atom stereocenters. The van der Waals surface area contributed by atoms with E-state index in [4.69, 9.17) is 20.5 Å². The zero-order chi connectivity index (χ0) is 15.2. The van der Waals surface area contributed by atoms with Crippen molar-refractivity contribution < 1.29 is 9.47 Å². The van der Waals surface area contributed by atoms with Crippen molar-refractivity contribution in [1.82, 2.24) is 0 Å². The Kier molecular flexibility index (Phi) is 4.81. The lowest BCUT2D eigenvalue weighted by molar-refractivity contribution is 0.298. The summed E-state index contributed by atoms with van der Waals surface area (Å²) in [4.78, 5) is 0. The van der Waals surface area contributed by atoms with Gasteiger partial charge in [-0.05, 0) is 19.1 Å². The number of hydrogen-bond acceptors (Lipinski definition) is 4. The molecule has 108 valence electrons. The SMILES string of the molecule is COc1ccc([C@H](C)N)c(OCc2ccccc2C#N)c1. The zero-order valence-corrected chi connectivity index (χ0v) is 12.2. The molecule has 0 aliphatic heterocycles. The van der Waals surface area contributed by atoms with E-state index in [1.54, 1.807) is 13.2 Å². The maximum atomic E-state index is 9.10. The van der Waals surface area contributed by atoms with Crippen molar-refractivity contribution >= 4 is 0 Å². The van der Waals surface area contributed by atoms with E-state index in [0.717, 1.165) is 11.1 Å². The molecule has 0 amide bonds. The smallest absolute Gasteiger partial charge is 0.128 e. The molecule has 0 aromatic heterocycles. The van der Waals surface area contributed by atoms with Gasteiger partial charge in [-0.3, -0.25) is 0 Å². The Morgan fingerprint density at radius 3 is 2.67 bits per heavy atom. The Bertz CT molecular complexity index is 660. The van der Waals surface area contributed by atoms with E-state index < -0.39 is 0 Å². The van der Waals surface area contributed by atoms with Crippen molar-refractivity contribution in [3.8, 4) is 17.6 Å². The molecule has 0 spiro atoms. The minimum absolute atomic E-state index is 0.142. The third-order valence-corrected chi connectivity index (χ3v) is 3.23. The van der Waals surface area contributed by atoms with Gasteiger partial charge in [-0.2, -0.15) is 5.26 Å². The van der Waals surface area contributed by atoms with Crippen molar-refractivity contribution in [2.75, 3.05) is 7.11 Å². The number of benzene rings is 2. The van der Waals surface area contributed by atoms with Crippen LogP contribution in [0.15, 0.2) is 42.5 Å². The molecule has 4 nitrogen and oxygen atoms in total. The number of nitrogens with zero attached hydrogens (tertiary/aromatic N) is 1. The Labute approximate surface area is 124 Å². The number of ether oxygens (including phenoxy) is 2. The summed E-state index contributed by atoms with van der Waals surface area (Å²) in [5.41, 5.74) is 8.32. The maximum Gasteiger partial charge on any atom is 0.128 e. The van der Waals surface area contributed by atoms with E-state index >= 15 is 0 Å². The monoisotopic (exact) mass is 282 g/mol. The van der Waals surface area contributed by atoms with E-state index in [2.05, 4.69) is 6.07 Å². The molecule has 0 saturated heterocycles. The lowest BCUT2D eigenvalue weighted by Crippen LogP contribution is -2.08. The molecule has 2 N–H and O–H groups in total. The highest BCUT2D eigenvalue weighted by atomic mass is 16.5. The molecule has 2 rings (SSSR count). The number of nitrogens with two attached hydrogens (primary N) is 1. The molecule has 2 aromatic rings. The fraction of sp³-hybridized carbons (Fsp3) is 0.235. The summed E-state index contributed by atoms with van der Waals surface area (Å²) in [6.07, 6.45) is 0. The van der Waals surface area contributed by atoms with Gasteiger partial charge >= 0.3 is 0 Å². The van der Waals surface area contributed by atoms with Gasteiger partial charge in [-0.1, -0.05) is 24.3 Å². The molecular formula is C17H18N2O2. The molecule has 1 atom stereocenters. The summed E-state index contributed by atoms with van der Waals surface area (Å²) < 4.78 is 11.1. The van der Waals surface area contributed by atoms with Crippen molar-refractivity contribution in [2.45, 2.75) is 19.6 Å². The fourth-order valence-corrected chi connectivity index (χ4v) is 2.05. The van der Waals surface area contributed by atoms with Crippen molar-refractivity contribution in [2.24, 2.45) is 5.73 Å². The van der Waals surface area contributed by atoms with Crippen molar-refractivity contribution in [3.63, 3.8) is 0 Å². The molecular weight excluding hydrogens is 264 g/mol. The number of hydrogen-bond donors (Lipinski definition) is 1. The Morgan fingerprint density at radius 1 is 1.24 bits per heavy atom. The minimum atomic E-state index is -0.142. The first-order chi connectivity index (χ1) is 10.2. The van der Waals surface area contributed by atoms with Crippen LogP contribution in [0.5, 0.6) is 11.5 Å². The second-order valence-corrected chi connectivity index (χ2v) is 4.75. The average molecular weight is 282 g/mol. The van der Waals surface area contributed by atoms with Gasteiger partial charge in [0.25, 0.3) is 0 Å².